The van der Waals surface area contributed by atoms with Crippen molar-refractivity contribution in [1.29, 1.82) is 0 Å². The topological polar surface area (TPSA) is 12.0 Å². The number of hydrogen-bond donors (Lipinski definition) is 2. The lowest BCUT2D eigenvalue weighted by Crippen LogP contribution is -2.53. The number of allylic oxidation sites excluding steroid dienone is 6. The summed E-state index contributed by atoms with van der Waals surface area (Å²) >= 11 is 4.91. The molecule has 258 valence electrons. The monoisotopic (exact) mass is 638 g/mol. The highest BCUT2D eigenvalue weighted by Crippen LogP contribution is 2.39. The molecule has 2 heteroatoms. The molecular weight excluding hydrogens is 563 g/mol. The van der Waals surface area contributed by atoms with Gasteiger partial charge >= 0.3 is 0 Å². The van der Waals surface area contributed by atoms with Gasteiger partial charge in [-0.2, -0.15) is 0 Å². The predicted octanol–water partition coefficient (Wildman–Crippen LogP) is 13.5. The summed E-state index contributed by atoms with van der Waals surface area (Å²) in [5, 5.41) is 4.00. The molecule has 1 aliphatic carbocycles. The average Bonchev–Trinajstić information content (AvgIpc) is 3.05. The second kappa shape index (κ2) is 20.4. The van der Waals surface area contributed by atoms with Crippen LogP contribution in [0.3, 0.4) is 0 Å². The molecular formula is C43H75NS. The third kappa shape index (κ3) is 11.9. The molecule has 1 N–H and O–H groups in total. The number of rotatable bonds is 19. The summed E-state index contributed by atoms with van der Waals surface area (Å²) in [4.78, 5) is 1.33. The smallest absolute Gasteiger partial charge is 0.0426 e. The van der Waals surface area contributed by atoms with E-state index in [1.807, 2.05) is 0 Å². The Bertz CT molecular complexity index is 1030. The van der Waals surface area contributed by atoms with Crippen LogP contribution in [0.2, 0.25) is 0 Å². The molecule has 45 heavy (non-hydrogen) atoms. The van der Waals surface area contributed by atoms with Gasteiger partial charge in [0.05, 0.1) is 0 Å². The molecule has 0 aromatic heterocycles. The zero-order valence-electron chi connectivity index (χ0n) is 31.8. The summed E-state index contributed by atoms with van der Waals surface area (Å²) in [6.45, 7) is 27.6. The van der Waals surface area contributed by atoms with Gasteiger partial charge in [-0.1, -0.05) is 133 Å². The van der Waals surface area contributed by atoms with Crippen LogP contribution in [-0.2, 0) is 0 Å². The van der Waals surface area contributed by atoms with Crippen LogP contribution in [-0.4, -0.2) is 12.1 Å². The van der Waals surface area contributed by atoms with Crippen molar-refractivity contribution in [2.24, 2.45) is 41.4 Å². The lowest BCUT2D eigenvalue weighted by molar-refractivity contribution is 0.248. The zero-order valence-corrected chi connectivity index (χ0v) is 32.7. The average molecular weight is 638 g/mol. The van der Waals surface area contributed by atoms with E-state index in [0.717, 1.165) is 31.2 Å². The van der Waals surface area contributed by atoms with Crippen LogP contribution < -0.4 is 5.32 Å². The maximum atomic E-state index is 4.91. The molecule has 1 heterocycles. The molecule has 0 spiro atoms. The van der Waals surface area contributed by atoms with Crippen LogP contribution >= 0.6 is 12.6 Å². The van der Waals surface area contributed by atoms with Gasteiger partial charge in [0.1, 0.15) is 0 Å². The summed E-state index contributed by atoms with van der Waals surface area (Å²) in [5.41, 5.74) is 6.35. The Labute approximate surface area is 287 Å². The van der Waals surface area contributed by atoms with Gasteiger partial charge in [-0.15, -0.1) is 12.6 Å². The lowest BCUT2D eigenvalue weighted by Gasteiger charge is -2.44. The third-order valence-corrected chi connectivity index (χ3v) is 13.0. The molecule has 1 nitrogen and oxygen atoms in total. The minimum Gasteiger partial charge on any atom is -0.306 e. The van der Waals surface area contributed by atoms with Gasteiger partial charge in [0.2, 0.25) is 0 Å². The van der Waals surface area contributed by atoms with Gasteiger partial charge in [0, 0.05) is 18.0 Å². The molecule has 2 rings (SSSR count). The van der Waals surface area contributed by atoms with Gasteiger partial charge in [-0.25, -0.2) is 0 Å². The second-order valence-corrected chi connectivity index (χ2v) is 16.0. The molecule has 1 aliphatic heterocycles. The van der Waals surface area contributed by atoms with Crippen molar-refractivity contribution in [3.05, 3.63) is 57.6 Å². The Balaban J connectivity index is 2.23. The first-order valence-electron chi connectivity index (χ1n) is 19.3. The summed E-state index contributed by atoms with van der Waals surface area (Å²) in [6.07, 6.45) is 29.0. The predicted molar refractivity (Wildman–Crippen MR) is 207 cm³/mol. The highest BCUT2D eigenvalue weighted by molar-refractivity contribution is 7.84. The number of unbranched alkanes of at least 4 members (excludes halogenated alkanes) is 2. The summed E-state index contributed by atoms with van der Waals surface area (Å²) in [5.74, 6) is 4.48. The van der Waals surface area contributed by atoms with E-state index in [1.165, 1.54) is 92.3 Å². The second-order valence-electron chi connectivity index (χ2n) is 15.5. The fraction of sp³-hybridized carbons (Fsp3) is 0.767. The highest BCUT2D eigenvalue weighted by atomic mass is 32.1. The van der Waals surface area contributed by atoms with Crippen LogP contribution in [0.25, 0.3) is 0 Å². The van der Waals surface area contributed by atoms with Crippen molar-refractivity contribution in [2.75, 3.05) is 6.54 Å². The van der Waals surface area contributed by atoms with E-state index in [-0.39, 0.29) is 5.54 Å². The quantitative estimate of drug-likeness (QED) is 0.106. The maximum Gasteiger partial charge on any atom is 0.0426 e. The van der Waals surface area contributed by atoms with E-state index >= 15 is 0 Å². The molecule has 0 saturated carbocycles. The molecule has 0 bridgehead atoms. The standard InChI is InChI=1S/C43H75NS/c1-12-15-22-38(14-3)36(9)37(10)41(33(6)28-27-31(4)35(8)42(45)26-16-13-2)25-20-21-32(5)39-29-34(7)43(11,44-30-39)40-23-18-17-19-24-40/h18,21,23,25,29,31,33,36-40,44-45H,12-17,19-20,22,24,26-28,30H2,1-11H3/b32-21-,41-25-,42-35-/t31-,33?,36?,37?,38?,39+,40+,43-/m1/s1. The molecule has 2 aliphatic rings. The molecule has 4 unspecified atom stereocenters. The zero-order chi connectivity index (χ0) is 33.6. The number of thiol groups is 1. The van der Waals surface area contributed by atoms with Crippen molar-refractivity contribution < 1.29 is 0 Å². The van der Waals surface area contributed by atoms with Crippen LogP contribution in [0.5, 0.6) is 0 Å². The minimum absolute atomic E-state index is 0.101. The van der Waals surface area contributed by atoms with Crippen LogP contribution in [0.1, 0.15) is 160 Å². The maximum absolute atomic E-state index is 4.91. The van der Waals surface area contributed by atoms with E-state index in [0.29, 0.717) is 29.6 Å². The molecule has 0 amide bonds. The van der Waals surface area contributed by atoms with E-state index in [9.17, 15) is 0 Å². The van der Waals surface area contributed by atoms with E-state index < -0.39 is 0 Å². The summed E-state index contributed by atoms with van der Waals surface area (Å²) in [7, 11) is 0. The van der Waals surface area contributed by atoms with Crippen molar-refractivity contribution in [3.8, 4) is 0 Å². The molecule has 0 fully saturated rings. The third-order valence-electron chi connectivity index (χ3n) is 12.4. The minimum atomic E-state index is 0.101. The molecule has 0 aromatic carbocycles. The molecule has 8 atom stereocenters. The summed E-state index contributed by atoms with van der Waals surface area (Å²) in [6, 6.07) is 0. The number of hydrogen-bond acceptors (Lipinski definition) is 2. The molecule has 0 radical (unpaired) electrons. The Morgan fingerprint density at radius 2 is 1.69 bits per heavy atom. The number of nitrogens with one attached hydrogen (secondary N) is 1. The van der Waals surface area contributed by atoms with Crippen molar-refractivity contribution in [1.82, 2.24) is 5.32 Å². The molecule has 0 saturated heterocycles. The molecule has 0 aromatic rings. The Morgan fingerprint density at radius 1 is 1.00 bits per heavy atom. The van der Waals surface area contributed by atoms with Crippen LogP contribution in [0.15, 0.2) is 57.6 Å². The lowest BCUT2D eigenvalue weighted by atomic mass is 9.72. The fourth-order valence-electron chi connectivity index (χ4n) is 8.10. The first-order chi connectivity index (χ1) is 21.4. The first-order valence-corrected chi connectivity index (χ1v) is 19.7. The van der Waals surface area contributed by atoms with Gasteiger partial charge < -0.3 is 5.32 Å². The van der Waals surface area contributed by atoms with Gasteiger partial charge in [0.25, 0.3) is 0 Å². The SMILES string of the molecule is CCCC/C(S)=C(\C)[C@H](C)CCC(C)/C(=C/C/C=C(/C)[C@H]1C=C(C)[C@](C)([C@H]2C=CCCC2)NC1)C(C)C(C)C(CC)CCCC. The highest BCUT2D eigenvalue weighted by Gasteiger charge is 2.37. The summed E-state index contributed by atoms with van der Waals surface area (Å²) < 4.78 is 0. The van der Waals surface area contributed by atoms with E-state index in [1.54, 1.807) is 5.57 Å². The fourth-order valence-corrected chi connectivity index (χ4v) is 8.48. The van der Waals surface area contributed by atoms with Crippen LogP contribution in [0.4, 0.5) is 0 Å². The normalized spacial score (nSPS) is 27.0. The van der Waals surface area contributed by atoms with E-state index in [2.05, 4.69) is 112 Å². The Hall–Kier alpha value is -0.990. The van der Waals surface area contributed by atoms with Crippen molar-refractivity contribution in [2.45, 2.75) is 165 Å². The van der Waals surface area contributed by atoms with Crippen LogP contribution in [0, 0.1) is 41.4 Å². The Morgan fingerprint density at radius 3 is 2.29 bits per heavy atom. The van der Waals surface area contributed by atoms with Gasteiger partial charge in [0.15, 0.2) is 0 Å². The van der Waals surface area contributed by atoms with Gasteiger partial charge in [-0.05, 0) is 119 Å². The van der Waals surface area contributed by atoms with Crippen molar-refractivity contribution >= 4 is 12.6 Å². The van der Waals surface area contributed by atoms with Crippen molar-refractivity contribution in [3.63, 3.8) is 0 Å². The Kier molecular flexibility index (Phi) is 18.2. The first kappa shape index (κ1) is 40.2. The van der Waals surface area contributed by atoms with Gasteiger partial charge in [-0.3, -0.25) is 0 Å². The largest absolute Gasteiger partial charge is 0.306 e. The van der Waals surface area contributed by atoms with E-state index in [4.69, 9.17) is 12.6 Å².